The summed E-state index contributed by atoms with van der Waals surface area (Å²) >= 11 is 0. The molecule has 1 fully saturated rings. The van der Waals surface area contributed by atoms with Crippen LogP contribution in [0.3, 0.4) is 0 Å². The van der Waals surface area contributed by atoms with E-state index in [4.69, 9.17) is 0 Å². The summed E-state index contributed by atoms with van der Waals surface area (Å²) in [6, 6.07) is 8.36. The minimum absolute atomic E-state index is 0.0786. The Labute approximate surface area is 159 Å². The average molecular weight is 371 g/mol. The molecule has 1 unspecified atom stereocenters. The largest absolute Gasteiger partial charge is 0.354 e. The maximum absolute atomic E-state index is 13.1. The van der Waals surface area contributed by atoms with Gasteiger partial charge in [-0.1, -0.05) is 13.3 Å². The van der Waals surface area contributed by atoms with Gasteiger partial charge in [0.2, 0.25) is 11.9 Å². The van der Waals surface area contributed by atoms with E-state index in [-0.39, 0.29) is 17.8 Å². The Kier molecular flexibility index (Phi) is 5.88. The Balaban J connectivity index is 1.81. The topological polar surface area (TPSA) is 61.4 Å². The van der Waals surface area contributed by atoms with E-state index < -0.39 is 0 Å². The highest BCUT2D eigenvalue weighted by molar-refractivity contribution is 5.73. The average Bonchev–Trinajstić information content (AvgIpc) is 3.13. The van der Waals surface area contributed by atoms with Crippen molar-refractivity contribution in [3.63, 3.8) is 0 Å². The summed E-state index contributed by atoms with van der Waals surface area (Å²) in [6.07, 6.45) is 2.77. The summed E-state index contributed by atoms with van der Waals surface area (Å²) in [6.45, 7) is 5.31. The SMILES string of the molecule is CCCc1cc(N2CCC(N(C)C(C)=O)C2)nc(Nc2ccc(F)cc2)n1. The predicted molar refractivity (Wildman–Crippen MR) is 105 cm³/mol. The van der Waals surface area contributed by atoms with Crippen LogP contribution in [0.2, 0.25) is 0 Å². The fourth-order valence-corrected chi connectivity index (χ4v) is 3.27. The second-order valence-corrected chi connectivity index (χ2v) is 6.94. The van der Waals surface area contributed by atoms with E-state index in [0.717, 1.165) is 49.6 Å². The summed E-state index contributed by atoms with van der Waals surface area (Å²) in [5.74, 6) is 1.16. The zero-order valence-corrected chi connectivity index (χ0v) is 16.1. The van der Waals surface area contributed by atoms with E-state index in [1.54, 1.807) is 24.0 Å². The zero-order valence-electron chi connectivity index (χ0n) is 16.1. The van der Waals surface area contributed by atoms with Crippen LogP contribution in [0.25, 0.3) is 0 Å². The van der Waals surface area contributed by atoms with Gasteiger partial charge in [0.25, 0.3) is 0 Å². The number of benzene rings is 1. The second-order valence-electron chi connectivity index (χ2n) is 6.94. The van der Waals surface area contributed by atoms with E-state index >= 15 is 0 Å². The molecule has 27 heavy (non-hydrogen) atoms. The monoisotopic (exact) mass is 371 g/mol. The number of likely N-dealkylation sites (N-methyl/N-ethyl adjacent to an activating group) is 1. The van der Waals surface area contributed by atoms with E-state index in [2.05, 4.69) is 27.1 Å². The fraction of sp³-hybridized carbons (Fsp3) is 0.450. The number of amides is 1. The van der Waals surface area contributed by atoms with Crippen molar-refractivity contribution in [3.05, 3.63) is 41.8 Å². The third kappa shape index (κ3) is 4.72. The number of carbonyl (C=O) groups excluding carboxylic acids is 1. The lowest BCUT2D eigenvalue weighted by molar-refractivity contribution is -0.129. The first kappa shape index (κ1) is 19.1. The van der Waals surface area contributed by atoms with Gasteiger partial charge in [-0.2, -0.15) is 4.98 Å². The highest BCUT2D eigenvalue weighted by Crippen LogP contribution is 2.24. The number of hydrogen-bond donors (Lipinski definition) is 1. The maximum atomic E-state index is 13.1. The van der Waals surface area contributed by atoms with Crippen LogP contribution in [0, 0.1) is 5.82 Å². The van der Waals surface area contributed by atoms with Crippen LogP contribution < -0.4 is 10.2 Å². The molecule has 1 aliphatic rings. The van der Waals surface area contributed by atoms with Crippen LogP contribution in [0.15, 0.2) is 30.3 Å². The van der Waals surface area contributed by atoms with Gasteiger partial charge in [-0.05, 0) is 37.1 Å². The molecule has 1 aliphatic heterocycles. The molecule has 1 atom stereocenters. The minimum Gasteiger partial charge on any atom is -0.354 e. The fourth-order valence-electron chi connectivity index (χ4n) is 3.27. The highest BCUT2D eigenvalue weighted by Gasteiger charge is 2.28. The lowest BCUT2D eigenvalue weighted by Gasteiger charge is -2.24. The van der Waals surface area contributed by atoms with E-state index in [1.165, 1.54) is 12.1 Å². The molecule has 1 amide bonds. The molecule has 144 valence electrons. The zero-order chi connectivity index (χ0) is 19.4. The normalized spacial score (nSPS) is 16.4. The number of aryl methyl sites for hydroxylation is 1. The van der Waals surface area contributed by atoms with Gasteiger partial charge in [0, 0.05) is 44.5 Å². The number of nitrogens with one attached hydrogen (secondary N) is 1. The van der Waals surface area contributed by atoms with Crippen molar-refractivity contribution in [2.24, 2.45) is 0 Å². The van der Waals surface area contributed by atoms with Gasteiger partial charge in [-0.15, -0.1) is 0 Å². The van der Waals surface area contributed by atoms with Crippen molar-refractivity contribution in [2.75, 3.05) is 30.4 Å². The maximum Gasteiger partial charge on any atom is 0.229 e. The molecular weight excluding hydrogens is 345 g/mol. The lowest BCUT2D eigenvalue weighted by atomic mass is 10.2. The molecule has 2 heterocycles. The van der Waals surface area contributed by atoms with Crippen LogP contribution >= 0.6 is 0 Å². The molecule has 0 aliphatic carbocycles. The molecule has 6 nitrogen and oxygen atoms in total. The minimum atomic E-state index is -0.278. The van der Waals surface area contributed by atoms with Gasteiger partial charge in [0.1, 0.15) is 11.6 Å². The van der Waals surface area contributed by atoms with Crippen LogP contribution in [0.4, 0.5) is 21.8 Å². The van der Waals surface area contributed by atoms with Gasteiger partial charge in [0.05, 0.1) is 6.04 Å². The number of carbonyl (C=O) groups is 1. The molecule has 0 spiro atoms. The Hall–Kier alpha value is -2.70. The Bertz CT molecular complexity index is 795. The number of aromatic nitrogens is 2. The number of halogens is 1. The molecule has 1 N–H and O–H groups in total. The number of anilines is 3. The van der Waals surface area contributed by atoms with Crippen molar-refractivity contribution < 1.29 is 9.18 Å². The second kappa shape index (κ2) is 8.33. The first-order chi connectivity index (χ1) is 13.0. The summed E-state index contributed by atoms with van der Waals surface area (Å²) in [5, 5.41) is 3.17. The van der Waals surface area contributed by atoms with Crippen molar-refractivity contribution >= 4 is 23.4 Å². The van der Waals surface area contributed by atoms with Crippen molar-refractivity contribution in [1.29, 1.82) is 0 Å². The first-order valence-corrected chi connectivity index (χ1v) is 9.35. The van der Waals surface area contributed by atoms with Crippen molar-refractivity contribution in [3.8, 4) is 0 Å². The number of hydrogen-bond acceptors (Lipinski definition) is 5. The quantitative estimate of drug-likeness (QED) is 0.844. The molecule has 0 radical (unpaired) electrons. The van der Waals surface area contributed by atoms with Gasteiger partial charge < -0.3 is 15.1 Å². The van der Waals surface area contributed by atoms with Gasteiger partial charge in [0.15, 0.2) is 0 Å². The Morgan fingerprint density at radius 1 is 1.33 bits per heavy atom. The predicted octanol–water partition coefficient (Wildman–Crippen LogP) is 3.37. The van der Waals surface area contributed by atoms with Crippen LogP contribution in [-0.4, -0.2) is 47.0 Å². The lowest BCUT2D eigenvalue weighted by Crippen LogP contribution is -2.37. The third-order valence-corrected chi connectivity index (χ3v) is 4.90. The van der Waals surface area contributed by atoms with Crippen LogP contribution in [0.1, 0.15) is 32.4 Å². The molecule has 0 saturated carbocycles. The summed E-state index contributed by atoms with van der Waals surface area (Å²) in [7, 11) is 1.85. The molecule has 1 saturated heterocycles. The van der Waals surface area contributed by atoms with E-state index in [1.807, 2.05) is 13.1 Å². The molecule has 1 aromatic carbocycles. The van der Waals surface area contributed by atoms with E-state index in [0.29, 0.717) is 5.95 Å². The molecular formula is C20H26FN5O. The van der Waals surface area contributed by atoms with Crippen molar-refractivity contribution in [1.82, 2.24) is 14.9 Å². The molecule has 7 heteroatoms. The summed E-state index contributed by atoms with van der Waals surface area (Å²) in [4.78, 5) is 24.9. The molecule has 3 rings (SSSR count). The number of nitrogens with zero attached hydrogens (tertiary/aromatic N) is 4. The first-order valence-electron chi connectivity index (χ1n) is 9.35. The Morgan fingerprint density at radius 2 is 2.07 bits per heavy atom. The van der Waals surface area contributed by atoms with Crippen molar-refractivity contribution in [2.45, 2.75) is 39.2 Å². The number of rotatable bonds is 6. The highest BCUT2D eigenvalue weighted by atomic mass is 19.1. The third-order valence-electron chi connectivity index (χ3n) is 4.90. The summed E-state index contributed by atoms with van der Waals surface area (Å²) in [5.41, 5.74) is 1.71. The molecule has 0 bridgehead atoms. The van der Waals surface area contributed by atoms with Gasteiger partial charge in [-0.25, -0.2) is 9.37 Å². The molecule has 1 aromatic heterocycles. The van der Waals surface area contributed by atoms with E-state index in [9.17, 15) is 9.18 Å². The van der Waals surface area contributed by atoms with Gasteiger partial charge >= 0.3 is 0 Å². The van der Waals surface area contributed by atoms with Gasteiger partial charge in [-0.3, -0.25) is 4.79 Å². The summed E-state index contributed by atoms with van der Waals surface area (Å²) < 4.78 is 13.1. The smallest absolute Gasteiger partial charge is 0.229 e. The molecule has 2 aromatic rings. The van der Waals surface area contributed by atoms with Crippen LogP contribution in [-0.2, 0) is 11.2 Å². The standard InChI is InChI=1S/C20H26FN5O/c1-4-5-17-12-19(26-11-10-18(13-26)25(3)14(2)27)24-20(23-17)22-16-8-6-15(21)7-9-16/h6-9,12,18H,4-5,10-11,13H2,1-3H3,(H,22,23,24). The Morgan fingerprint density at radius 3 is 2.74 bits per heavy atom. The van der Waals surface area contributed by atoms with Crippen LogP contribution in [0.5, 0.6) is 0 Å².